The van der Waals surface area contributed by atoms with Gasteiger partial charge in [0.2, 0.25) is 10.0 Å². The first-order chi connectivity index (χ1) is 14.2. The molecular formula is C22H33IN4O3S. The van der Waals surface area contributed by atoms with Crippen LogP contribution in [-0.4, -0.2) is 33.6 Å². The molecule has 0 atom stereocenters. The minimum atomic E-state index is -3.64. The fourth-order valence-electron chi connectivity index (χ4n) is 2.89. The number of ether oxygens (including phenoxy) is 1. The van der Waals surface area contributed by atoms with Gasteiger partial charge in [0.05, 0.1) is 18.6 Å². The van der Waals surface area contributed by atoms with Crippen molar-refractivity contribution in [2.75, 3.05) is 13.7 Å². The smallest absolute Gasteiger partial charge is 0.241 e. The van der Waals surface area contributed by atoms with Gasteiger partial charge in [0.15, 0.2) is 5.96 Å². The lowest BCUT2D eigenvalue weighted by atomic mass is 10.1. The van der Waals surface area contributed by atoms with Gasteiger partial charge in [0.25, 0.3) is 0 Å². The summed E-state index contributed by atoms with van der Waals surface area (Å²) < 4.78 is 33.7. The predicted molar refractivity (Wildman–Crippen MR) is 137 cm³/mol. The largest absolute Gasteiger partial charge is 0.496 e. The second kappa shape index (κ2) is 12.3. The van der Waals surface area contributed by atoms with Crippen LogP contribution in [0.2, 0.25) is 0 Å². The van der Waals surface area contributed by atoms with E-state index in [9.17, 15) is 8.42 Å². The Morgan fingerprint density at radius 1 is 1.00 bits per heavy atom. The van der Waals surface area contributed by atoms with Crippen LogP contribution in [0.1, 0.15) is 38.8 Å². The van der Waals surface area contributed by atoms with E-state index in [1.165, 1.54) is 0 Å². The lowest BCUT2D eigenvalue weighted by Gasteiger charge is -2.22. The van der Waals surface area contributed by atoms with Crippen LogP contribution in [0, 0.1) is 0 Å². The van der Waals surface area contributed by atoms with Crippen LogP contribution in [0.5, 0.6) is 5.75 Å². The standard InChI is InChI=1S/C22H32N4O3S.HI/c1-6-23-21(24-15-17-11-7-9-13-19(17)29-5)25-16-18-12-8-10-14-20(18)30(27,28)26-22(2,3)4;/h7-14,26H,6,15-16H2,1-5H3,(H2,23,24,25);1H. The van der Waals surface area contributed by atoms with Crippen molar-refractivity contribution in [3.8, 4) is 5.75 Å². The number of nitrogens with zero attached hydrogens (tertiary/aromatic N) is 1. The van der Waals surface area contributed by atoms with Gasteiger partial charge in [-0.1, -0.05) is 36.4 Å². The molecular weight excluding hydrogens is 527 g/mol. The van der Waals surface area contributed by atoms with Gasteiger partial charge in [-0.3, -0.25) is 0 Å². The Kier molecular flexibility index (Phi) is 10.7. The van der Waals surface area contributed by atoms with Gasteiger partial charge in [0.1, 0.15) is 5.75 Å². The van der Waals surface area contributed by atoms with Crippen LogP contribution in [0.3, 0.4) is 0 Å². The number of para-hydroxylation sites is 1. The first-order valence-corrected chi connectivity index (χ1v) is 11.4. The Balaban J connectivity index is 0.00000480. The maximum Gasteiger partial charge on any atom is 0.241 e. The third-order valence-electron chi connectivity index (χ3n) is 4.09. The first kappa shape index (κ1) is 27.2. The summed E-state index contributed by atoms with van der Waals surface area (Å²) >= 11 is 0. The number of methoxy groups -OCH3 is 1. The predicted octanol–water partition coefficient (Wildman–Crippen LogP) is 3.65. The molecule has 9 heteroatoms. The molecule has 0 unspecified atom stereocenters. The highest BCUT2D eigenvalue weighted by Gasteiger charge is 2.24. The maximum absolute atomic E-state index is 12.8. The van der Waals surface area contributed by atoms with E-state index in [0.29, 0.717) is 31.2 Å². The number of guanidine groups is 1. The van der Waals surface area contributed by atoms with E-state index in [1.807, 2.05) is 58.0 Å². The van der Waals surface area contributed by atoms with Crippen molar-refractivity contribution in [1.82, 2.24) is 15.4 Å². The molecule has 0 aliphatic rings. The molecule has 0 aliphatic heterocycles. The Morgan fingerprint density at radius 2 is 1.61 bits per heavy atom. The van der Waals surface area contributed by atoms with E-state index in [-0.39, 0.29) is 28.9 Å². The normalized spacial score (nSPS) is 12.1. The minimum absolute atomic E-state index is 0. The molecule has 3 N–H and O–H groups in total. The van der Waals surface area contributed by atoms with Crippen molar-refractivity contribution < 1.29 is 13.2 Å². The number of aliphatic imine (C=N–C) groups is 1. The average molecular weight is 561 g/mol. The van der Waals surface area contributed by atoms with E-state index < -0.39 is 15.6 Å². The van der Waals surface area contributed by atoms with Crippen LogP contribution in [0.25, 0.3) is 0 Å². The minimum Gasteiger partial charge on any atom is -0.496 e. The molecule has 0 saturated carbocycles. The van der Waals surface area contributed by atoms with Crippen molar-refractivity contribution in [3.05, 3.63) is 59.7 Å². The van der Waals surface area contributed by atoms with Gasteiger partial charge in [-0.25, -0.2) is 18.1 Å². The van der Waals surface area contributed by atoms with Crippen molar-refractivity contribution in [2.24, 2.45) is 4.99 Å². The lowest BCUT2D eigenvalue weighted by Crippen LogP contribution is -2.41. The number of sulfonamides is 1. The number of halogens is 1. The zero-order valence-corrected chi connectivity index (χ0v) is 21.9. The second-order valence-corrected chi connectivity index (χ2v) is 9.47. The van der Waals surface area contributed by atoms with E-state index in [4.69, 9.17) is 4.74 Å². The van der Waals surface area contributed by atoms with Crippen molar-refractivity contribution in [1.29, 1.82) is 0 Å². The number of rotatable bonds is 8. The highest BCUT2D eigenvalue weighted by molar-refractivity contribution is 14.0. The van der Waals surface area contributed by atoms with E-state index in [2.05, 4.69) is 20.3 Å². The second-order valence-electron chi connectivity index (χ2n) is 7.82. The van der Waals surface area contributed by atoms with Gasteiger partial charge in [-0.2, -0.15) is 0 Å². The molecule has 0 amide bonds. The van der Waals surface area contributed by atoms with Crippen LogP contribution < -0.4 is 20.1 Å². The number of benzene rings is 2. The van der Waals surface area contributed by atoms with Crippen LogP contribution in [0.4, 0.5) is 0 Å². The Bertz CT molecular complexity index is 973. The molecule has 0 fully saturated rings. The number of hydrogen-bond acceptors (Lipinski definition) is 4. The van der Waals surface area contributed by atoms with Gasteiger partial charge in [-0.15, -0.1) is 24.0 Å². The molecule has 0 aromatic heterocycles. The fourth-order valence-corrected chi connectivity index (χ4v) is 4.55. The quantitative estimate of drug-likeness (QED) is 0.261. The monoisotopic (exact) mass is 560 g/mol. The Hall–Kier alpha value is -1.85. The molecule has 172 valence electrons. The average Bonchev–Trinajstić information content (AvgIpc) is 2.68. The molecule has 2 aromatic carbocycles. The van der Waals surface area contributed by atoms with Crippen molar-refractivity contribution in [3.63, 3.8) is 0 Å². The van der Waals surface area contributed by atoms with Crippen LogP contribution >= 0.6 is 24.0 Å². The summed E-state index contributed by atoms with van der Waals surface area (Å²) in [6.07, 6.45) is 0. The fraction of sp³-hybridized carbons (Fsp3) is 0.409. The summed E-state index contributed by atoms with van der Waals surface area (Å²) in [4.78, 5) is 4.87. The summed E-state index contributed by atoms with van der Waals surface area (Å²) in [5, 5.41) is 6.42. The summed E-state index contributed by atoms with van der Waals surface area (Å²) in [6, 6.07) is 14.7. The van der Waals surface area contributed by atoms with Crippen LogP contribution in [0.15, 0.2) is 58.4 Å². The number of nitrogens with one attached hydrogen (secondary N) is 3. The molecule has 2 rings (SSSR count). The molecule has 2 aromatic rings. The Morgan fingerprint density at radius 3 is 2.23 bits per heavy atom. The van der Waals surface area contributed by atoms with Gasteiger partial charge < -0.3 is 15.4 Å². The topological polar surface area (TPSA) is 91.8 Å². The molecule has 0 spiro atoms. The summed E-state index contributed by atoms with van der Waals surface area (Å²) in [7, 11) is -2.01. The SMILES string of the molecule is CCNC(=NCc1ccccc1OC)NCc1ccccc1S(=O)(=O)NC(C)(C)C.I. The lowest BCUT2D eigenvalue weighted by molar-refractivity contribution is 0.410. The maximum atomic E-state index is 12.8. The highest BCUT2D eigenvalue weighted by atomic mass is 127. The van der Waals surface area contributed by atoms with Gasteiger partial charge >= 0.3 is 0 Å². The van der Waals surface area contributed by atoms with Gasteiger partial charge in [-0.05, 0) is 45.4 Å². The molecule has 0 aliphatic carbocycles. The van der Waals surface area contributed by atoms with E-state index in [0.717, 1.165) is 11.3 Å². The third-order valence-corrected chi connectivity index (χ3v) is 5.95. The van der Waals surface area contributed by atoms with Crippen molar-refractivity contribution >= 4 is 40.0 Å². The van der Waals surface area contributed by atoms with E-state index in [1.54, 1.807) is 25.3 Å². The Labute approximate surface area is 203 Å². The molecule has 7 nitrogen and oxygen atoms in total. The molecule has 0 heterocycles. The molecule has 0 saturated heterocycles. The first-order valence-electron chi connectivity index (χ1n) is 9.92. The summed E-state index contributed by atoms with van der Waals surface area (Å²) in [5.74, 6) is 1.38. The summed E-state index contributed by atoms with van der Waals surface area (Å²) in [5.41, 5.74) is 1.07. The van der Waals surface area contributed by atoms with Gasteiger partial charge in [0, 0.05) is 24.2 Å². The molecule has 0 radical (unpaired) electrons. The van der Waals surface area contributed by atoms with E-state index >= 15 is 0 Å². The zero-order chi connectivity index (χ0) is 22.2. The zero-order valence-electron chi connectivity index (χ0n) is 18.7. The third kappa shape index (κ3) is 8.66. The molecule has 31 heavy (non-hydrogen) atoms. The number of hydrogen-bond donors (Lipinski definition) is 3. The van der Waals surface area contributed by atoms with Crippen LogP contribution in [-0.2, 0) is 23.1 Å². The van der Waals surface area contributed by atoms with Crippen molar-refractivity contribution in [2.45, 2.75) is 51.2 Å². The molecule has 0 bridgehead atoms. The highest BCUT2D eigenvalue weighted by Crippen LogP contribution is 2.19. The summed E-state index contributed by atoms with van der Waals surface area (Å²) in [6.45, 7) is 8.87.